The van der Waals surface area contributed by atoms with E-state index in [1.807, 2.05) is 24.3 Å². The molecule has 0 fully saturated rings. The molecule has 2 rings (SSSR count). The van der Waals surface area contributed by atoms with Crippen molar-refractivity contribution in [2.45, 2.75) is 19.3 Å². The Morgan fingerprint density at radius 1 is 0.941 bits per heavy atom. The van der Waals surface area contributed by atoms with Crippen LogP contribution >= 0.6 is 11.6 Å². The molecular formula is C15H16ClN. The zero-order chi connectivity index (χ0) is 12.5. The molecule has 0 saturated carbocycles. The average molecular weight is 246 g/mol. The predicted octanol–water partition coefficient (Wildman–Crippen LogP) is 4.25. The summed E-state index contributed by atoms with van der Waals surface area (Å²) in [5.41, 5.74) is 8.73. The van der Waals surface area contributed by atoms with Crippen LogP contribution in [-0.4, -0.2) is 0 Å². The van der Waals surface area contributed by atoms with Crippen LogP contribution in [0.15, 0.2) is 48.5 Å². The van der Waals surface area contributed by atoms with Crippen molar-refractivity contribution < 1.29 is 0 Å². The Bertz CT molecular complexity index is 518. The maximum atomic E-state index is 6.08. The molecular weight excluding hydrogens is 230 g/mol. The van der Waals surface area contributed by atoms with Gasteiger partial charge in [0.05, 0.1) is 10.7 Å². The Morgan fingerprint density at radius 2 is 1.59 bits per heavy atom. The summed E-state index contributed by atoms with van der Waals surface area (Å²) in [4.78, 5) is 0. The molecule has 0 amide bonds. The minimum absolute atomic E-state index is 0.0708. The van der Waals surface area contributed by atoms with Crippen LogP contribution in [0.1, 0.15) is 25.0 Å². The van der Waals surface area contributed by atoms with Crippen molar-refractivity contribution in [1.82, 2.24) is 0 Å². The maximum Gasteiger partial charge on any atom is 0.0638 e. The molecule has 17 heavy (non-hydrogen) atoms. The number of halogens is 1. The summed E-state index contributed by atoms with van der Waals surface area (Å²) in [7, 11) is 0. The van der Waals surface area contributed by atoms with Gasteiger partial charge in [0.2, 0.25) is 0 Å². The molecule has 0 unspecified atom stereocenters. The summed E-state index contributed by atoms with van der Waals surface area (Å²) in [5, 5.41) is 0.617. The van der Waals surface area contributed by atoms with Crippen molar-refractivity contribution in [2.75, 3.05) is 5.73 Å². The smallest absolute Gasteiger partial charge is 0.0638 e. The third-order valence-electron chi connectivity index (χ3n) is 3.22. The molecule has 0 bridgehead atoms. The van der Waals surface area contributed by atoms with Gasteiger partial charge in [0.15, 0.2) is 0 Å². The number of nitrogens with two attached hydrogens (primary N) is 1. The fraction of sp³-hybridized carbons (Fsp3) is 0.200. The van der Waals surface area contributed by atoms with Gasteiger partial charge in [0, 0.05) is 5.41 Å². The summed E-state index contributed by atoms with van der Waals surface area (Å²) in [6, 6.07) is 16.2. The second kappa shape index (κ2) is 4.42. The number of nitrogen functional groups attached to an aromatic ring is 1. The van der Waals surface area contributed by atoms with Gasteiger partial charge in [-0.15, -0.1) is 0 Å². The van der Waals surface area contributed by atoms with Crippen molar-refractivity contribution in [2.24, 2.45) is 0 Å². The molecule has 0 aromatic heterocycles. The van der Waals surface area contributed by atoms with Gasteiger partial charge in [-0.3, -0.25) is 0 Å². The van der Waals surface area contributed by atoms with Gasteiger partial charge in [-0.1, -0.05) is 61.8 Å². The lowest BCUT2D eigenvalue weighted by Gasteiger charge is -2.26. The molecule has 2 aromatic carbocycles. The van der Waals surface area contributed by atoms with E-state index in [-0.39, 0.29) is 5.41 Å². The molecule has 0 aliphatic heterocycles. The SMILES string of the molecule is CC(C)(c1ccccc1)c1ccc(N)c(Cl)c1. The van der Waals surface area contributed by atoms with Crippen molar-refractivity contribution in [1.29, 1.82) is 0 Å². The van der Waals surface area contributed by atoms with Gasteiger partial charge in [-0.25, -0.2) is 0 Å². The fourth-order valence-corrected chi connectivity index (χ4v) is 2.12. The lowest BCUT2D eigenvalue weighted by atomic mass is 9.78. The lowest BCUT2D eigenvalue weighted by molar-refractivity contribution is 0.641. The third-order valence-corrected chi connectivity index (χ3v) is 3.54. The summed E-state index contributed by atoms with van der Waals surface area (Å²) in [6.45, 7) is 4.37. The minimum Gasteiger partial charge on any atom is -0.398 e. The zero-order valence-electron chi connectivity index (χ0n) is 10.1. The number of hydrogen-bond acceptors (Lipinski definition) is 1. The molecule has 0 heterocycles. The second-order valence-electron chi connectivity index (χ2n) is 4.73. The summed E-state index contributed by atoms with van der Waals surface area (Å²) in [6.07, 6.45) is 0. The Morgan fingerprint density at radius 3 is 2.18 bits per heavy atom. The highest BCUT2D eigenvalue weighted by Crippen LogP contribution is 2.34. The number of hydrogen-bond donors (Lipinski definition) is 1. The minimum atomic E-state index is -0.0708. The first-order valence-corrected chi connectivity index (χ1v) is 6.00. The van der Waals surface area contributed by atoms with Gasteiger partial charge in [0.25, 0.3) is 0 Å². The zero-order valence-corrected chi connectivity index (χ0v) is 10.8. The van der Waals surface area contributed by atoms with Gasteiger partial charge >= 0.3 is 0 Å². The molecule has 88 valence electrons. The van der Waals surface area contributed by atoms with Gasteiger partial charge in [-0.2, -0.15) is 0 Å². The summed E-state index contributed by atoms with van der Waals surface area (Å²) in [5.74, 6) is 0. The molecule has 1 nitrogen and oxygen atoms in total. The fourth-order valence-electron chi connectivity index (χ4n) is 1.94. The van der Waals surface area contributed by atoms with E-state index >= 15 is 0 Å². The van der Waals surface area contributed by atoms with E-state index in [1.165, 1.54) is 11.1 Å². The van der Waals surface area contributed by atoms with Crippen LogP contribution < -0.4 is 5.73 Å². The van der Waals surface area contributed by atoms with Crippen LogP contribution in [-0.2, 0) is 5.41 Å². The maximum absolute atomic E-state index is 6.08. The van der Waals surface area contributed by atoms with Crippen molar-refractivity contribution in [3.63, 3.8) is 0 Å². The first-order chi connectivity index (χ1) is 8.01. The van der Waals surface area contributed by atoms with Crippen molar-refractivity contribution in [3.05, 3.63) is 64.7 Å². The summed E-state index contributed by atoms with van der Waals surface area (Å²) < 4.78 is 0. The normalized spacial score (nSPS) is 11.5. The van der Waals surface area contributed by atoms with E-state index in [1.54, 1.807) is 0 Å². The van der Waals surface area contributed by atoms with Crippen LogP contribution in [0.3, 0.4) is 0 Å². The van der Waals surface area contributed by atoms with E-state index in [0.717, 1.165) is 0 Å². The Kier molecular flexibility index (Phi) is 3.12. The lowest BCUT2D eigenvalue weighted by Crippen LogP contribution is -2.18. The molecule has 0 spiro atoms. The van der Waals surface area contributed by atoms with Gasteiger partial charge in [-0.05, 0) is 23.3 Å². The van der Waals surface area contributed by atoms with E-state index in [9.17, 15) is 0 Å². The predicted molar refractivity (Wildman–Crippen MR) is 74.4 cm³/mol. The van der Waals surface area contributed by atoms with Crippen LogP contribution in [0, 0.1) is 0 Å². The largest absolute Gasteiger partial charge is 0.398 e. The standard InChI is InChI=1S/C15H16ClN/c1-15(2,11-6-4-3-5-7-11)12-8-9-14(17)13(16)10-12/h3-10H,17H2,1-2H3. The molecule has 2 heteroatoms. The Balaban J connectivity index is 2.48. The van der Waals surface area contributed by atoms with Crippen LogP contribution in [0.4, 0.5) is 5.69 Å². The van der Waals surface area contributed by atoms with Crippen LogP contribution in [0.2, 0.25) is 5.02 Å². The molecule has 0 atom stereocenters. The second-order valence-corrected chi connectivity index (χ2v) is 5.13. The van der Waals surface area contributed by atoms with E-state index in [4.69, 9.17) is 17.3 Å². The Labute approximate surface area is 107 Å². The molecule has 2 aromatic rings. The van der Waals surface area contributed by atoms with E-state index < -0.39 is 0 Å². The molecule has 0 aliphatic carbocycles. The first-order valence-electron chi connectivity index (χ1n) is 5.63. The van der Waals surface area contributed by atoms with E-state index in [2.05, 4.69) is 38.1 Å². The van der Waals surface area contributed by atoms with Crippen LogP contribution in [0.25, 0.3) is 0 Å². The van der Waals surface area contributed by atoms with E-state index in [0.29, 0.717) is 10.7 Å². The highest BCUT2D eigenvalue weighted by molar-refractivity contribution is 6.33. The van der Waals surface area contributed by atoms with Gasteiger partial charge < -0.3 is 5.73 Å². The number of anilines is 1. The Hall–Kier alpha value is -1.47. The van der Waals surface area contributed by atoms with Gasteiger partial charge in [0.1, 0.15) is 0 Å². The first kappa shape index (κ1) is 12.0. The molecule has 0 radical (unpaired) electrons. The third kappa shape index (κ3) is 2.29. The van der Waals surface area contributed by atoms with Crippen molar-refractivity contribution in [3.8, 4) is 0 Å². The quantitative estimate of drug-likeness (QED) is 0.787. The molecule has 0 aliphatic rings. The molecule has 0 saturated heterocycles. The summed E-state index contributed by atoms with van der Waals surface area (Å²) >= 11 is 6.08. The highest BCUT2D eigenvalue weighted by Gasteiger charge is 2.23. The molecule has 2 N–H and O–H groups in total. The number of benzene rings is 2. The number of rotatable bonds is 2. The topological polar surface area (TPSA) is 26.0 Å². The highest BCUT2D eigenvalue weighted by atomic mass is 35.5. The van der Waals surface area contributed by atoms with Crippen LogP contribution in [0.5, 0.6) is 0 Å². The monoisotopic (exact) mass is 245 g/mol. The average Bonchev–Trinajstić information content (AvgIpc) is 2.33. The van der Waals surface area contributed by atoms with Crippen molar-refractivity contribution >= 4 is 17.3 Å².